The number of benzene rings is 1. The molecule has 5 nitrogen and oxygen atoms in total. The first-order chi connectivity index (χ1) is 12.8. The summed E-state index contributed by atoms with van der Waals surface area (Å²) >= 11 is 0. The first-order valence-corrected chi connectivity index (χ1v) is 9.41. The lowest BCUT2D eigenvalue weighted by molar-refractivity contribution is -0.131. The van der Waals surface area contributed by atoms with Crippen molar-refractivity contribution >= 4 is 5.91 Å². The van der Waals surface area contributed by atoms with E-state index in [4.69, 9.17) is 4.74 Å². The summed E-state index contributed by atoms with van der Waals surface area (Å²) in [5.41, 5.74) is 2.14. The van der Waals surface area contributed by atoms with E-state index in [9.17, 15) is 4.79 Å². The second kappa shape index (κ2) is 9.92. The maximum atomic E-state index is 12.2. The summed E-state index contributed by atoms with van der Waals surface area (Å²) in [6.45, 7) is 3.72. The van der Waals surface area contributed by atoms with Gasteiger partial charge in [0, 0.05) is 56.1 Å². The fourth-order valence-electron chi connectivity index (χ4n) is 3.16. The van der Waals surface area contributed by atoms with Crippen LogP contribution >= 0.6 is 0 Å². The Bertz CT molecular complexity index is 685. The monoisotopic (exact) mass is 353 g/mol. The zero-order valence-electron chi connectivity index (χ0n) is 15.2. The maximum Gasteiger partial charge on any atom is 0.223 e. The molecular weight excluding hydrogens is 326 g/mol. The quantitative estimate of drug-likeness (QED) is 0.741. The summed E-state index contributed by atoms with van der Waals surface area (Å²) in [4.78, 5) is 18.3. The molecule has 0 unspecified atom stereocenters. The molecule has 1 aliphatic heterocycles. The van der Waals surface area contributed by atoms with Gasteiger partial charge in [0.05, 0.1) is 0 Å². The minimum atomic E-state index is 0.262. The number of rotatable bonds is 8. The van der Waals surface area contributed by atoms with Gasteiger partial charge in [0.15, 0.2) is 0 Å². The lowest BCUT2D eigenvalue weighted by Gasteiger charge is -2.26. The van der Waals surface area contributed by atoms with Crippen LogP contribution in [0.2, 0.25) is 0 Å². The number of piperidine rings is 1. The van der Waals surface area contributed by atoms with Crippen LogP contribution in [0.5, 0.6) is 5.75 Å². The minimum absolute atomic E-state index is 0.262. The molecule has 2 aromatic rings. The van der Waals surface area contributed by atoms with Crippen LogP contribution in [0.3, 0.4) is 0 Å². The molecule has 2 heterocycles. The number of aromatic nitrogens is 1. The second-order valence-corrected chi connectivity index (χ2v) is 6.63. The molecule has 1 N–H and O–H groups in total. The topological polar surface area (TPSA) is 54.5 Å². The molecule has 0 spiro atoms. The predicted molar refractivity (Wildman–Crippen MR) is 102 cm³/mol. The number of ether oxygens (including phenoxy) is 1. The molecule has 0 bridgehead atoms. The van der Waals surface area contributed by atoms with Crippen LogP contribution in [0.4, 0.5) is 0 Å². The normalized spacial score (nSPS) is 14.2. The number of nitrogens with one attached hydrogen (secondary N) is 1. The van der Waals surface area contributed by atoms with Crippen LogP contribution in [0.15, 0.2) is 48.8 Å². The van der Waals surface area contributed by atoms with Crippen LogP contribution < -0.4 is 10.1 Å². The summed E-state index contributed by atoms with van der Waals surface area (Å²) in [7, 11) is 0. The molecule has 0 saturated carbocycles. The van der Waals surface area contributed by atoms with Gasteiger partial charge in [0.1, 0.15) is 12.4 Å². The van der Waals surface area contributed by atoms with Crippen molar-refractivity contribution in [1.29, 1.82) is 0 Å². The molecule has 3 rings (SSSR count). The predicted octanol–water partition coefficient (Wildman–Crippen LogP) is 3.15. The molecule has 1 aromatic heterocycles. The van der Waals surface area contributed by atoms with E-state index in [-0.39, 0.29) is 5.91 Å². The van der Waals surface area contributed by atoms with Crippen LogP contribution in [-0.2, 0) is 17.9 Å². The highest BCUT2D eigenvalue weighted by Gasteiger charge is 2.15. The number of para-hydroxylation sites is 1. The van der Waals surface area contributed by atoms with Crippen molar-refractivity contribution < 1.29 is 9.53 Å². The van der Waals surface area contributed by atoms with Gasteiger partial charge in [-0.1, -0.05) is 24.3 Å². The SMILES string of the molecule is O=C(CCNCc1ccccc1OCc1cccnc1)N1CCCCC1. The Morgan fingerprint density at radius 1 is 1.12 bits per heavy atom. The van der Waals surface area contributed by atoms with Crippen molar-refractivity contribution in [3.63, 3.8) is 0 Å². The molecule has 0 radical (unpaired) electrons. The van der Waals surface area contributed by atoms with Gasteiger partial charge in [-0.15, -0.1) is 0 Å². The lowest BCUT2D eigenvalue weighted by Crippen LogP contribution is -2.37. The summed E-state index contributed by atoms with van der Waals surface area (Å²) in [5, 5.41) is 3.37. The first kappa shape index (κ1) is 18.4. The fraction of sp³-hybridized carbons (Fsp3) is 0.429. The number of carbonyl (C=O) groups excluding carboxylic acids is 1. The minimum Gasteiger partial charge on any atom is -0.489 e. The van der Waals surface area contributed by atoms with E-state index in [0.29, 0.717) is 26.1 Å². The highest BCUT2D eigenvalue weighted by atomic mass is 16.5. The van der Waals surface area contributed by atoms with Crippen LogP contribution in [0.25, 0.3) is 0 Å². The standard InChI is InChI=1S/C21H27N3O2/c25-21(24-13-4-1-5-14-24)10-12-23-16-19-8-2-3-9-20(19)26-17-18-7-6-11-22-15-18/h2-3,6-9,11,15,23H,1,4-5,10,12-14,16-17H2. The lowest BCUT2D eigenvalue weighted by atomic mass is 10.1. The van der Waals surface area contributed by atoms with Gasteiger partial charge in [0.2, 0.25) is 5.91 Å². The van der Waals surface area contributed by atoms with Gasteiger partial charge in [-0.3, -0.25) is 9.78 Å². The van der Waals surface area contributed by atoms with Crippen LogP contribution in [-0.4, -0.2) is 35.4 Å². The molecule has 1 saturated heterocycles. The average molecular weight is 353 g/mol. The van der Waals surface area contributed by atoms with Gasteiger partial charge < -0.3 is 15.0 Å². The Kier molecular flexibility index (Phi) is 7.02. The molecule has 1 amide bonds. The third-order valence-corrected chi connectivity index (χ3v) is 4.63. The average Bonchev–Trinajstić information content (AvgIpc) is 2.71. The number of hydrogen-bond acceptors (Lipinski definition) is 4. The fourth-order valence-corrected chi connectivity index (χ4v) is 3.16. The van der Waals surface area contributed by atoms with Crippen LogP contribution in [0.1, 0.15) is 36.8 Å². The third-order valence-electron chi connectivity index (χ3n) is 4.63. The van der Waals surface area contributed by atoms with Gasteiger partial charge >= 0.3 is 0 Å². The summed E-state index contributed by atoms with van der Waals surface area (Å²) in [5.74, 6) is 1.13. The van der Waals surface area contributed by atoms with E-state index in [1.165, 1.54) is 6.42 Å². The number of carbonyl (C=O) groups is 1. The van der Waals surface area contributed by atoms with Crippen molar-refractivity contribution in [1.82, 2.24) is 15.2 Å². The molecule has 1 fully saturated rings. The Morgan fingerprint density at radius 2 is 1.96 bits per heavy atom. The number of likely N-dealkylation sites (tertiary alicyclic amines) is 1. The summed E-state index contributed by atoms with van der Waals surface area (Å²) in [6.07, 6.45) is 7.65. The molecular formula is C21H27N3O2. The van der Waals surface area contributed by atoms with Crippen molar-refractivity contribution in [2.75, 3.05) is 19.6 Å². The van der Waals surface area contributed by atoms with Crippen molar-refractivity contribution in [2.45, 2.75) is 38.8 Å². The molecule has 26 heavy (non-hydrogen) atoms. The van der Waals surface area contributed by atoms with E-state index in [1.807, 2.05) is 41.4 Å². The molecule has 0 aliphatic carbocycles. The zero-order valence-corrected chi connectivity index (χ0v) is 15.2. The van der Waals surface area contributed by atoms with Gasteiger partial charge in [-0.05, 0) is 31.4 Å². The Balaban J connectivity index is 1.43. The Morgan fingerprint density at radius 3 is 2.77 bits per heavy atom. The van der Waals surface area contributed by atoms with E-state index in [1.54, 1.807) is 6.20 Å². The van der Waals surface area contributed by atoms with Crippen LogP contribution in [0, 0.1) is 0 Å². The number of hydrogen-bond donors (Lipinski definition) is 1. The number of amides is 1. The zero-order chi connectivity index (χ0) is 18.0. The second-order valence-electron chi connectivity index (χ2n) is 6.63. The highest BCUT2D eigenvalue weighted by molar-refractivity contribution is 5.76. The van der Waals surface area contributed by atoms with E-state index in [0.717, 1.165) is 42.8 Å². The van der Waals surface area contributed by atoms with E-state index in [2.05, 4.69) is 16.4 Å². The summed E-state index contributed by atoms with van der Waals surface area (Å²) < 4.78 is 5.94. The number of pyridine rings is 1. The molecule has 138 valence electrons. The third kappa shape index (κ3) is 5.56. The van der Waals surface area contributed by atoms with Crippen molar-refractivity contribution in [3.05, 3.63) is 59.9 Å². The van der Waals surface area contributed by atoms with Crippen molar-refractivity contribution in [3.8, 4) is 5.75 Å². The molecule has 5 heteroatoms. The Labute approximate surface area is 155 Å². The molecule has 1 aromatic carbocycles. The molecule has 1 aliphatic rings. The largest absolute Gasteiger partial charge is 0.489 e. The summed E-state index contributed by atoms with van der Waals surface area (Å²) in [6, 6.07) is 11.9. The first-order valence-electron chi connectivity index (χ1n) is 9.41. The van der Waals surface area contributed by atoms with Gasteiger partial charge in [-0.25, -0.2) is 0 Å². The maximum absolute atomic E-state index is 12.2. The molecule has 0 atom stereocenters. The van der Waals surface area contributed by atoms with Gasteiger partial charge in [-0.2, -0.15) is 0 Å². The van der Waals surface area contributed by atoms with E-state index >= 15 is 0 Å². The van der Waals surface area contributed by atoms with Crippen molar-refractivity contribution in [2.24, 2.45) is 0 Å². The van der Waals surface area contributed by atoms with E-state index < -0.39 is 0 Å². The number of nitrogens with zero attached hydrogens (tertiary/aromatic N) is 2. The Hall–Kier alpha value is -2.40. The smallest absolute Gasteiger partial charge is 0.223 e. The highest BCUT2D eigenvalue weighted by Crippen LogP contribution is 2.19. The van der Waals surface area contributed by atoms with Gasteiger partial charge in [0.25, 0.3) is 0 Å².